The molecule has 0 bridgehead atoms. The average Bonchev–Trinajstić information content (AvgIpc) is 2.30. The minimum atomic E-state index is 0.761. The Morgan fingerprint density at radius 1 is 0.933 bits per heavy atom. The van der Waals surface area contributed by atoms with Crippen molar-refractivity contribution in [3.05, 3.63) is 0 Å². The zero-order chi connectivity index (χ0) is 10.6. The maximum Gasteiger partial charge on any atom is -0.000671 e. The predicted molar refractivity (Wildman–Crippen MR) is 64.9 cm³/mol. The highest BCUT2D eigenvalue weighted by molar-refractivity contribution is 4.88. The third-order valence-corrected chi connectivity index (χ3v) is 4.51. The summed E-state index contributed by atoms with van der Waals surface area (Å²) in [6.07, 6.45) is 11.6. The Morgan fingerprint density at radius 2 is 1.60 bits per heavy atom. The first kappa shape index (κ1) is 11.4. The van der Waals surface area contributed by atoms with Gasteiger partial charge in [0.25, 0.3) is 0 Å². The van der Waals surface area contributed by atoms with Gasteiger partial charge in [0.1, 0.15) is 0 Å². The summed E-state index contributed by atoms with van der Waals surface area (Å²) >= 11 is 0. The fourth-order valence-electron chi connectivity index (χ4n) is 3.37. The smallest absolute Gasteiger partial charge is 0.000671 e. The van der Waals surface area contributed by atoms with Crippen molar-refractivity contribution in [2.24, 2.45) is 11.1 Å². The summed E-state index contributed by atoms with van der Waals surface area (Å²) in [6, 6.07) is 0. The summed E-state index contributed by atoms with van der Waals surface area (Å²) in [5.41, 5.74) is 6.32. The van der Waals surface area contributed by atoms with Crippen molar-refractivity contribution in [2.45, 2.75) is 51.4 Å². The first-order valence-electron chi connectivity index (χ1n) is 6.77. The Labute approximate surface area is 94.2 Å². The largest absolute Gasteiger partial charge is 0.330 e. The van der Waals surface area contributed by atoms with Gasteiger partial charge in [-0.25, -0.2) is 0 Å². The Balaban J connectivity index is 1.75. The van der Waals surface area contributed by atoms with Gasteiger partial charge in [-0.05, 0) is 63.7 Å². The Bertz CT molecular complexity index is 175. The standard InChI is InChI=1S/C13H26N2/c14-9-4-10-15-11-7-13(8-12-15)5-2-1-3-6-13/h1-12,14H2. The van der Waals surface area contributed by atoms with Crippen molar-refractivity contribution in [1.82, 2.24) is 4.90 Å². The maximum absolute atomic E-state index is 5.56. The van der Waals surface area contributed by atoms with Gasteiger partial charge in [0.15, 0.2) is 0 Å². The molecule has 0 atom stereocenters. The number of nitrogens with zero attached hydrogens (tertiary/aromatic N) is 1. The highest BCUT2D eigenvalue weighted by Crippen LogP contribution is 2.44. The molecule has 1 saturated carbocycles. The minimum absolute atomic E-state index is 0.761. The second kappa shape index (κ2) is 5.31. The van der Waals surface area contributed by atoms with Crippen molar-refractivity contribution < 1.29 is 0 Å². The number of likely N-dealkylation sites (tertiary alicyclic amines) is 1. The van der Waals surface area contributed by atoms with Gasteiger partial charge in [0.05, 0.1) is 0 Å². The third kappa shape index (κ3) is 2.94. The van der Waals surface area contributed by atoms with Gasteiger partial charge in [-0.15, -0.1) is 0 Å². The lowest BCUT2D eigenvalue weighted by atomic mass is 9.68. The van der Waals surface area contributed by atoms with Crippen LogP contribution in [0.15, 0.2) is 0 Å². The summed E-state index contributed by atoms with van der Waals surface area (Å²) in [7, 11) is 0. The SMILES string of the molecule is NCCCN1CCC2(CCCCC2)CC1. The quantitative estimate of drug-likeness (QED) is 0.775. The van der Waals surface area contributed by atoms with E-state index in [-0.39, 0.29) is 0 Å². The highest BCUT2D eigenvalue weighted by atomic mass is 15.1. The monoisotopic (exact) mass is 210 g/mol. The number of rotatable bonds is 3. The lowest BCUT2D eigenvalue weighted by molar-refractivity contribution is 0.0676. The normalized spacial score (nSPS) is 27.0. The van der Waals surface area contributed by atoms with Crippen LogP contribution in [0.2, 0.25) is 0 Å². The van der Waals surface area contributed by atoms with Crippen molar-refractivity contribution in [3.8, 4) is 0 Å². The molecule has 2 aliphatic rings. The molecule has 1 spiro atoms. The third-order valence-electron chi connectivity index (χ3n) is 4.51. The second-order valence-electron chi connectivity index (χ2n) is 5.54. The predicted octanol–water partition coefficient (Wildman–Crippen LogP) is 2.38. The lowest BCUT2D eigenvalue weighted by Crippen LogP contribution is -2.41. The molecule has 0 amide bonds. The van der Waals surface area contributed by atoms with Crippen LogP contribution in [0.25, 0.3) is 0 Å². The highest BCUT2D eigenvalue weighted by Gasteiger charge is 2.34. The van der Waals surface area contributed by atoms with Crippen molar-refractivity contribution in [2.75, 3.05) is 26.2 Å². The van der Waals surface area contributed by atoms with E-state index in [1.165, 1.54) is 71.0 Å². The summed E-state index contributed by atoms with van der Waals surface area (Å²) in [6.45, 7) is 4.74. The van der Waals surface area contributed by atoms with Crippen molar-refractivity contribution in [1.29, 1.82) is 0 Å². The molecular formula is C13H26N2. The van der Waals surface area contributed by atoms with Gasteiger partial charge >= 0.3 is 0 Å². The van der Waals surface area contributed by atoms with E-state index in [0.717, 1.165) is 12.0 Å². The Hall–Kier alpha value is -0.0800. The molecule has 0 radical (unpaired) electrons. The number of hydrogen-bond acceptors (Lipinski definition) is 2. The molecule has 1 aliphatic carbocycles. The molecule has 88 valence electrons. The van der Waals surface area contributed by atoms with E-state index >= 15 is 0 Å². The van der Waals surface area contributed by atoms with Crippen LogP contribution < -0.4 is 5.73 Å². The van der Waals surface area contributed by atoms with Gasteiger partial charge in [-0.2, -0.15) is 0 Å². The van der Waals surface area contributed by atoms with Gasteiger partial charge < -0.3 is 10.6 Å². The Kier molecular flexibility index (Phi) is 4.04. The minimum Gasteiger partial charge on any atom is -0.330 e. The zero-order valence-electron chi connectivity index (χ0n) is 10.0. The van der Waals surface area contributed by atoms with Crippen LogP contribution in [0.3, 0.4) is 0 Å². The molecule has 0 aromatic carbocycles. The summed E-state index contributed by atoms with van der Waals surface area (Å²) < 4.78 is 0. The van der Waals surface area contributed by atoms with Crippen LogP contribution in [-0.2, 0) is 0 Å². The average molecular weight is 210 g/mol. The van der Waals surface area contributed by atoms with E-state index in [9.17, 15) is 0 Å². The van der Waals surface area contributed by atoms with Crippen LogP contribution in [0.1, 0.15) is 51.4 Å². The van der Waals surface area contributed by atoms with Crippen molar-refractivity contribution in [3.63, 3.8) is 0 Å². The first-order valence-corrected chi connectivity index (χ1v) is 6.77. The van der Waals surface area contributed by atoms with Crippen molar-refractivity contribution >= 4 is 0 Å². The Morgan fingerprint density at radius 3 is 2.20 bits per heavy atom. The van der Waals surface area contributed by atoms with E-state index in [4.69, 9.17) is 5.73 Å². The molecule has 0 aromatic rings. The summed E-state index contributed by atoms with van der Waals surface area (Å²) in [5.74, 6) is 0. The molecule has 2 nitrogen and oxygen atoms in total. The molecule has 2 rings (SSSR count). The second-order valence-corrected chi connectivity index (χ2v) is 5.54. The number of nitrogens with two attached hydrogens (primary N) is 1. The summed E-state index contributed by atoms with van der Waals surface area (Å²) in [4.78, 5) is 2.62. The van der Waals surface area contributed by atoms with E-state index in [0.29, 0.717) is 0 Å². The topological polar surface area (TPSA) is 29.3 Å². The molecule has 1 aliphatic heterocycles. The van der Waals surface area contributed by atoms with Gasteiger partial charge in [0.2, 0.25) is 0 Å². The van der Waals surface area contributed by atoms with Crippen LogP contribution in [0, 0.1) is 5.41 Å². The molecular weight excluding hydrogens is 184 g/mol. The maximum atomic E-state index is 5.56. The number of piperidine rings is 1. The zero-order valence-corrected chi connectivity index (χ0v) is 10.0. The van der Waals surface area contributed by atoms with Crippen LogP contribution in [-0.4, -0.2) is 31.1 Å². The van der Waals surface area contributed by atoms with Gasteiger partial charge in [0, 0.05) is 0 Å². The van der Waals surface area contributed by atoms with E-state index < -0.39 is 0 Å². The molecule has 1 saturated heterocycles. The summed E-state index contributed by atoms with van der Waals surface area (Å²) in [5, 5.41) is 0. The fraction of sp³-hybridized carbons (Fsp3) is 1.00. The van der Waals surface area contributed by atoms with Crippen LogP contribution in [0.4, 0.5) is 0 Å². The molecule has 2 N–H and O–H groups in total. The molecule has 0 unspecified atom stereocenters. The van der Waals surface area contributed by atoms with Gasteiger partial charge in [-0.1, -0.05) is 19.3 Å². The first-order chi connectivity index (χ1) is 7.35. The van der Waals surface area contributed by atoms with Gasteiger partial charge in [-0.3, -0.25) is 0 Å². The molecule has 1 heterocycles. The molecule has 0 aromatic heterocycles. The molecule has 2 heteroatoms. The lowest BCUT2D eigenvalue weighted by Gasteiger charge is -2.44. The molecule has 2 fully saturated rings. The van der Waals surface area contributed by atoms with E-state index in [1.54, 1.807) is 0 Å². The van der Waals surface area contributed by atoms with E-state index in [2.05, 4.69) is 4.90 Å². The number of hydrogen-bond donors (Lipinski definition) is 1. The van der Waals surface area contributed by atoms with Crippen LogP contribution in [0.5, 0.6) is 0 Å². The van der Waals surface area contributed by atoms with E-state index in [1.807, 2.05) is 0 Å². The van der Waals surface area contributed by atoms with Crippen LogP contribution >= 0.6 is 0 Å². The fourth-order valence-corrected chi connectivity index (χ4v) is 3.37. The molecule has 15 heavy (non-hydrogen) atoms.